The average Bonchev–Trinajstić information content (AvgIpc) is 2.38. The number of carbonyl (C=O) groups excluding carboxylic acids is 1. The molecule has 0 spiro atoms. The van der Waals surface area contributed by atoms with E-state index < -0.39 is 5.97 Å². The van der Waals surface area contributed by atoms with Crippen LogP contribution in [0.5, 0.6) is 0 Å². The first-order chi connectivity index (χ1) is 9.31. The maximum atomic E-state index is 11.0. The number of methoxy groups -OCH3 is 1. The number of hydrogen-bond acceptors (Lipinski definition) is 5. The molecule has 0 aliphatic rings. The zero-order valence-electron chi connectivity index (χ0n) is 12.6. The van der Waals surface area contributed by atoms with Crippen LogP contribution in [-0.2, 0) is 19.0 Å². The lowest BCUT2D eigenvalue weighted by atomic mass is 10.2. The number of hydrogen-bond donors (Lipinski definition) is 0. The number of nitrogens with zero attached hydrogens (tertiary/aromatic N) is 1. The van der Waals surface area contributed by atoms with Gasteiger partial charge in [-0.3, -0.25) is 0 Å². The predicted molar refractivity (Wildman–Crippen MR) is 82.0 cm³/mol. The normalized spacial score (nSPS) is 11.7. The second-order valence-electron chi connectivity index (χ2n) is 4.07. The molecule has 0 aliphatic heterocycles. The van der Waals surface area contributed by atoms with Crippen LogP contribution in [0.15, 0.2) is 35.8 Å². The molecule has 0 saturated carbocycles. The summed E-state index contributed by atoms with van der Waals surface area (Å²) in [6.07, 6.45) is 3.43. The average molecular weight is 299 g/mol. The topological polar surface area (TPSA) is 48.0 Å². The summed E-state index contributed by atoms with van der Waals surface area (Å²) in [6.45, 7) is 7.23. The fourth-order valence-corrected chi connectivity index (χ4v) is 1.27. The number of ether oxygens (including phenoxy) is 3. The van der Waals surface area contributed by atoms with Gasteiger partial charge in [0.2, 0.25) is 0 Å². The van der Waals surface area contributed by atoms with Crippen molar-refractivity contribution in [2.24, 2.45) is 0 Å². The Kier molecular flexibility index (Phi) is 8.31. The largest absolute Gasteiger partial charge is 0.482 e. The smallest absolute Gasteiger partial charge is 0.343 e. The van der Waals surface area contributed by atoms with E-state index in [2.05, 4.69) is 11.3 Å². The van der Waals surface area contributed by atoms with Gasteiger partial charge in [-0.05, 0) is 43.8 Å². The van der Waals surface area contributed by atoms with Crippen LogP contribution >= 0.6 is 12.2 Å². The third-order valence-corrected chi connectivity index (χ3v) is 2.63. The summed E-state index contributed by atoms with van der Waals surface area (Å²) in [6, 6.07) is 0. The SMILES string of the molecule is C=C(/C=C(C)\C(=C/C)OCC(=O)OC)OC(=S)N(C)C. The molecule has 5 nitrogen and oxygen atoms in total. The van der Waals surface area contributed by atoms with Crippen molar-refractivity contribution in [2.45, 2.75) is 13.8 Å². The van der Waals surface area contributed by atoms with Gasteiger partial charge < -0.3 is 19.1 Å². The zero-order chi connectivity index (χ0) is 15.7. The summed E-state index contributed by atoms with van der Waals surface area (Å²) in [5, 5.41) is 0.316. The van der Waals surface area contributed by atoms with Gasteiger partial charge >= 0.3 is 5.97 Å². The third kappa shape index (κ3) is 6.94. The Hall–Kier alpha value is -1.82. The first-order valence-electron chi connectivity index (χ1n) is 5.94. The molecule has 0 fully saturated rings. The van der Waals surface area contributed by atoms with E-state index in [-0.39, 0.29) is 6.61 Å². The minimum atomic E-state index is -0.444. The summed E-state index contributed by atoms with van der Waals surface area (Å²) < 4.78 is 15.2. The Morgan fingerprint density at radius 2 is 2.00 bits per heavy atom. The maximum Gasteiger partial charge on any atom is 0.343 e. The van der Waals surface area contributed by atoms with Crippen molar-refractivity contribution in [3.63, 3.8) is 0 Å². The molecule has 0 amide bonds. The molecule has 0 aromatic carbocycles. The van der Waals surface area contributed by atoms with E-state index >= 15 is 0 Å². The van der Waals surface area contributed by atoms with E-state index in [0.717, 1.165) is 5.57 Å². The molecule has 0 atom stereocenters. The van der Waals surface area contributed by atoms with Crippen LogP contribution in [0.2, 0.25) is 0 Å². The molecule has 0 saturated heterocycles. The summed E-state index contributed by atoms with van der Waals surface area (Å²) >= 11 is 5.01. The number of carbonyl (C=O) groups is 1. The van der Waals surface area contributed by atoms with E-state index in [1.54, 1.807) is 38.1 Å². The highest BCUT2D eigenvalue weighted by atomic mass is 32.1. The van der Waals surface area contributed by atoms with Gasteiger partial charge in [-0.1, -0.05) is 6.58 Å². The Labute approximate surface area is 125 Å². The van der Waals surface area contributed by atoms with Crippen LogP contribution in [0.4, 0.5) is 0 Å². The number of allylic oxidation sites excluding steroid dienone is 3. The van der Waals surface area contributed by atoms with E-state index in [4.69, 9.17) is 21.7 Å². The van der Waals surface area contributed by atoms with Crippen LogP contribution in [0.1, 0.15) is 13.8 Å². The van der Waals surface area contributed by atoms with Gasteiger partial charge in [0.15, 0.2) is 6.61 Å². The Balaban J connectivity index is 4.63. The van der Waals surface area contributed by atoms with E-state index in [1.807, 2.05) is 6.92 Å². The van der Waals surface area contributed by atoms with Gasteiger partial charge in [0.25, 0.3) is 5.17 Å². The second kappa shape index (κ2) is 9.14. The minimum absolute atomic E-state index is 0.148. The van der Waals surface area contributed by atoms with E-state index in [1.165, 1.54) is 7.11 Å². The summed E-state index contributed by atoms with van der Waals surface area (Å²) in [7, 11) is 4.87. The number of esters is 1. The highest BCUT2D eigenvalue weighted by Gasteiger charge is 2.07. The highest BCUT2D eigenvalue weighted by Crippen LogP contribution is 2.14. The van der Waals surface area contributed by atoms with Crippen LogP contribution in [0, 0.1) is 0 Å². The third-order valence-electron chi connectivity index (χ3n) is 2.19. The van der Waals surface area contributed by atoms with Gasteiger partial charge in [-0.15, -0.1) is 0 Å². The lowest BCUT2D eigenvalue weighted by Crippen LogP contribution is -2.21. The molecule has 20 heavy (non-hydrogen) atoms. The molecule has 0 aromatic rings. The van der Waals surface area contributed by atoms with Crippen molar-refractivity contribution in [1.29, 1.82) is 0 Å². The summed E-state index contributed by atoms with van der Waals surface area (Å²) in [5.74, 6) is 0.499. The predicted octanol–water partition coefficient (Wildman–Crippen LogP) is 2.40. The van der Waals surface area contributed by atoms with Gasteiger partial charge in [-0.25, -0.2) is 4.79 Å². The molecule has 0 aromatic heterocycles. The zero-order valence-corrected chi connectivity index (χ0v) is 13.4. The van der Waals surface area contributed by atoms with Crippen molar-refractivity contribution >= 4 is 23.4 Å². The van der Waals surface area contributed by atoms with Crippen molar-refractivity contribution in [3.8, 4) is 0 Å². The van der Waals surface area contributed by atoms with Crippen LogP contribution in [0.25, 0.3) is 0 Å². The fraction of sp³-hybridized carbons (Fsp3) is 0.429. The lowest BCUT2D eigenvalue weighted by Gasteiger charge is -2.15. The fourth-order valence-electron chi connectivity index (χ4n) is 1.17. The molecule has 0 unspecified atom stereocenters. The summed E-state index contributed by atoms with van der Waals surface area (Å²) in [5.41, 5.74) is 0.767. The van der Waals surface area contributed by atoms with Crippen LogP contribution < -0.4 is 0 Å². The summed E-state index contributed by atoms with van der Waals surface area (Å²) in [4.78, 5) is 12.7. The van der Waals surface area contributed by atoms with E-state index in [9.17, 15) is 4.79 Å². The Bertz CT molecular complexity index is 438. The van der Waals surface area contributed by atoms with Crippen molar-refractivity contribution in [1.82, 2.24) is 4.90 Å². The molecule has 0 N–H and O–H groups in total. The van der Waals surface area contributed by atoms with Gasteiger partial charge in [0.1, 0.15) is 11.5 Å². The van der Waals surface area contributed by atoms with Gasteiger partial charge in [-0.2, -0.15) is 0 Å². The van der Waals surface area contributed by atoms with Crippen LogP contribution in [0.3, 0.4) is 0 Å². The Morgan fingerprint density at radius 1 is 1.40 bits per heavy atom. The molecule has 0 rings (SSSR count). The molecule has 112 valence electrons. The molecule has 6 heteroatoms. The molecule has 0 radical (unpaired) electrons. The molecule has 0 aliphatic carbocycles. The van der Waals surface area contributed by atoms with Crippen LogP contribution in [-0.4, -0.2) is 43.9 Å². The molecular formula is C14H21NO4S. The lowest BCUT2D eigenvalue weighted by molar-refractivity contribution is -0.144. The Morgan fingerprint density at radius 3 is 2.45 bits per heavy atom. The second-order valence-corrected chi connectivity index (χ2v) is 4.42. The quantitative estimate of drug-likeness (QED) is 0.325. The maximum absolute atomic E-state index is 11.0. The monoisotopic (exact) mass is 299 g/mol. The van der Waals surface area contributed by atoms with Crippen molar-refractivity contribution in [3.05, 3.63) is 35.8 Å². The molecular weight excluding hydrogens is 278 g/mol. The van der Waals surface area contributed by atoms with Gasteiger partial charge in [0.05, 0.1) is 7.11 Å². The molecule has 0 heterocycles. The number of rotatable bonds is 6. The minimum Gasteiger partial charge on any atom is -0.482 e. The first kappa shape index (κ1) is 18.2. The highest BCUT2D eigenvalue weighted by molar-refractivity contribution is 7.80. The van der Waals surface area contributed by atoms with Gasteiger partial charge in [0, 0.05) is 14.1 Å². The molecule has 0 bridgehead atoms. The number of thiocarbonyl (C=S) groups is 1. The van der Waals surface area contributed by atoms with Crippen molar-refractivity contribution < 1.29 is 19.0 Å². The van der Waals surface area contributed by atoms with E-state index in [0.29, 0.717) is 16.7 Å². The standard InChI is InChI=1S/C14H21NO4S/c1-7-12(18-9-13(16)17-6)10(2)8-11(3)19-14(20)15(4)5/h7-8H,3,9H2,1-2,4-6H3/b10-8-,12-7+. The first-order valence-corrected chi connectivity index (χ1v) is 6.35. The van der Waals surface area contributed by atoms with Crippen molar-refractivity contribution in [2.75, 3.05) is 27.8 Å².